The van der Waals surface area contributed by atoms with Gasteiger partial charge in [0.1, 0.15) is 5.69 Å². The Labute approximate surface area is 133 Å². The van der Waals surface area contributed by atoms with E-state index >= 15 is 0 Å². The summed E-state index contributed by atoms with van der Waals surface area (Å²) in [5.74, 6) is 0. The molecule has 0 spiro atoms. The van der Waals surface area contributed by atoms with E-state index in [4.69, 9.17) is 5.73 Å². The number of nitrogens with two attached hydrogens (primary N) is 1. The van der Waals surface area contributed by atoms with Gasteiger partial charge in [-0.15, -0.1) is 0 Å². The Balaban J connectivity index is 1.72. The van der Waals surface area contributed by atoms with Gasteiger partial charge in [-0.1, -0.05) is 24.3 Å². The van der Waals surface area contributed by atoms with Crippen LogP contribution in [-0.2, 0) is 25.4 Å². The Morgan fingerprint density at radius 2 is 1.78 bits per heavy atom. The van der Waals surface area contributed by atoms with Crippen molar-refractivity contribution in [2.45, 2.75) is 44.3 Å². The first-order chi connectivity index (χ1) is 10.9. The number of fused-ring (bicyclic) bond motifs is 1. The second-order valence-corrected chi connectivity index (χ2v) is 6.10. The van der Waals surface area contributed by atoms with Gasteiger partial charge in [0.25, 0.3) is 0 Å². The summed E-state index contributed by atoms with van der Waals surface area (Å²) < 4.78 is 37.6. The van der Waals surface area contributed by atoms with Crippen LogP contribution >= 0.6 is 0 Å². The molecule has 0 fully saturated rings. The van der Waals surface area contributed by atoms with E-state index in [1.807, 2.05) is 6.07 Å². The van der Waals surface area contributed by atoms with Gasteiger partial charge in [0.15, 0.2) is 0 Å². The number of hydrogen-bond acceptors (Lipinski definition) is 2. The fourth-order valence-corrected chi connectivity index (χ4v) is 3.07. The summed E-state index contributed by atoms with van der Waals surface area (Å²) >= 11 is 0. The topological polar surface area (TPSA) is 38.9 Å². The van der Waals surface area contributed by atoms with Gasteiger partial charge in [-0.2, -0.15) is 13.2 Å². The van der Waals surface area contributed by atoms with Crippen molar-refractivity contribution in [3.8, 4) is 0 Å². The Morgan fingerprint density at radius 1 is 1.04 bits per heavy atom. The second kappa shape index (κ2) is 6.32. The summed E-state index contributed by atoms with van der Waals surface area (Å²) in [6, 6.07) is 8.54. The van der Waals surface area contributed by atoms with Crippen LogP contribution in [0.4, 0.5) is 13.2 Å². The number of halogens is 3. The van der Waals surface area contributed by atoms with Crippen molar-refractivity contribution in [2.24, 2.45) is 5.73 Å². The summed E-state index contributed by atoms with van der Waals surface area (Å²) in [5, 5.41) is 0. The summed E-state index contributed by atoms with van der Waals surface area (Å²) in [6.07, 6.45) is 1.97. The van der Waals surface area contributed by atoms with Gasteiger partial charge in [0.05, 0.1) is 0 Å². The van der Waals surface area contributed by atoms with Crippen LogP contribution in [0.5, 0.6) is 0 Å². The van der Waals surface area contributed by atoms with Crippen LogP contribution in [0.1, 0.15) is 46.8 Å². The molecule has 5 heteroatoms. The van der Waals surface area contributed by atoms with Crippen molar-refractivity contribution in [3.05, 3.63) is 64.5 Å². The molecule has 2 aromatic rings. The second-order valence-electron chi connectivity index (χ2n) is 6.10. The van der Waals surface area contributed by atoms with Crippen LogP contribution in [-0.4, -0.2) is 4.98 Å². The molecule has 0 aliphatic heterocycles. The van der Waals surface area contributed by atoms with Crippen LogP contribution in [0, 0.1) is 0 Å². The van der Waals surface area contributed by atoms with Crippen LogP contribution in [0.25, 0.3) is 0 Å². The molecule has 3 rings (SSSR count). The summed E-state index contributed by atoms with van der Waals surface area (Å²) in [6.45, 7) is 0. The number of nitrogens with zero attached hydrogens (tertiary/aromatic N) is 1. The number of aromatic nitrogens is 1. The quantitative estimate of drug-likeness (QED) is 0.919. The number of alkyl halides is 3. The van der Waals surface area contributed by atoms with Crippen molar-refractivity contribution in [3.63, 3.8) is 0 Å². The fourth-order valence-electron chi connectivity index (χ4n) is 3.07. The average Bonchev–Trinajstić information content (AvgIpc) is 2.54. The van der Waals surface area contributed by atoms with E-state index in [-0.39, 0.29) is 6.04 Å². The monoisotopic (exact) mass is 320 g/mol. The van der Waals surface area contributed by atoms with Gasteiger partial charge < -0.3 is 5.73 Å². The van der Waals surface area contributed by atoms with Crippen LogP contribution < -0.4 is 5.73 Å². The fraction of sp³-hybridized carbons (Fsp3) is 0.389. The van der Waals surface area contributed by atoms with E-state index in [1.165, 1.54) is 36.2 Å². The molecule has 122 valence electrons. The van der Waals surface area contributed by atoms with Gasteiger partial charge in [0, 0.05) is 12.2 Å². The lowest BCUT2D eigenvalue weighted by molar-refractivity contribution is -0.141. The van der Waals surface area contributed by atoms with E-state index < -0.39 is 11.9 Å². The molecule has 1 atom stereocenters. The molecule has 1 heterocycles. The van der Waals surface area contributed by atoms with E-state index in [0.717, 1.165) is 24.5 Å². The van der Waals surface area contributed by atoms with Crippen LogP contribution in [0.15, 0.2) is 36.5 Å². The molecule has 0 bridgehead atoms. The van der Waals surface area contributed by atoms with E-state index in [2.05, 4.69) is 17.1 Å². The Hall–Kier alpha value is -1.88. The molecule has 1 unspecified atom stereocenters. The summed E-state index contributed by atoms with van der Waals surface area (Å²) in [5.41, 5.74) is 9.85. The van der Waals surface area contributed by atoms with Crippen molar-refractivity contribution in [1.82, 2.24) is 4.98 Å². The largest absolute Gasteiger partial charge is 0.433 e. The third-order valence-corrected chi connectivity index (χ3v) is 4.37. The summed E-state index contributed by atoms with van der Waals surface area (Å²) in [7, 11) is 0. The Kier molecular flexibility index (Phi) is 4.39. The Bertz CT molecular complexity index is 678. The molecular weight excluding hydrogens is 301 g/mol. The highest BCUT2D eigenvalue weighted by Crippen LogP contribution is 2.28. The highest BCUT2D eigenvalue weighted by molar-refractivity contribution is 5.35. The molecule has 0 radical (unpaired) electrons. The molecule has 1 aromatic carbocycles. The Morgan fingerprint density at radius 3 is 2.43 bits per heavy atom. The molecule has 2 N–H and O–H groups in total. The first-order valence-electron chi connectivity index (χ1n) is 7.83. The molecule has 0 saturated carbocycles. The molecule has 1 aliphatic rings. The van der Waals surface area contributed by atoms with Gasteiger partial charge in [0.2, 0.25) is 0 Å². The molecule has 2 nitrogen and oxygen atoms in total. The van der Waals surface area contributed by atoms with Gasteiger partial charge >= 0.3 is 6.18 Å². The van der Waals surface area contributed by atoms with Crippen molar-refractivity contribution in [1.29, 1.82) is 0 Å². The van der Waals surface area contributed by atoms with Gasteiger partial charge in [-0.05, 0) is 60.4 Å². The molecular formula is C18H19F3N2. The van der Waals surface area contributed by atoms with E-state index in [0.29, 0.717) is 12.0 Å². The maximum Gasteiger partial charge on any atom is 0.433 e. The molecule has 0 saturated heterocycles. The standard InChI is InChI=1S/C18H19F3N2/c19-18(20,21)17-8-5-12(11-23-17)9-16(22)15-7-6-13-3-1-2-4-14(13)10-15/h5-8,10-11,16H,1-4,9,22H2. The van der Waals surface area contributed by atoms with Crippen molar-refractivity contribution < 1.29 is 13.2 Å². The molecule has 0 amide bonds. The average molecular weight is 320 g/mol. The van der Waals surface area contributed by atoms with E-state index in [1.54, 1.807) is 0 Å². The van der Waals surface area contributed by atoms with Crippen molar-refractivity contribution in [2.75, 3.05) is 0 Å². The SMILES string of the molecule is NC(Cc1ccc(C(F)(F)F)nc1)c1ccc2c(c1)CCCC2. The van der Waals surface area contributed by atoms with E-state index in [9.17, 15) is 13.2 Å². The maximum atomic E-state index is 12.5. The highest BCUT2D eigenvalue weighted by atomic mass is 19.4. The molecule has 1 aliphatic carbocycles. The van der Waals surface area contributed by atoms with Crippen LogP contribution in [0.3, 0.4) is 0 Å². The number of pyridine rings is 1. The predicted octanol–water partition coefficient (Wildman–Crippen LogP) is 4.22. The zero-order valence-corrected chi connectivity index (χ0v) is 12.7. The third-order valence-electron chi connectivity index (χ3n) is 4.37. The highest BCUT2D eigenvalue weighted by Gasteiger charge is 2.32. The zero-order valence-electron chi connectivity index (χ0n) is 12.7. The third kappa shape index (κ3) is 3.72. The lowest BCUT2D eigenvalue weighted by atomic mass is 9.88. The number of hydrogen-bond donors (Lipinski definition) is 1. The summed E-state index contributed by atoms with van der Waals surface area (Å²) in [4.78, 5) is 3.49. The first kappa shape index (κ1) is 16.0. The first-order valence-corrected chi connectivity index (χ1v) is 7.83. The van der Waals surface area contributed by atoms with Gasteiger partial charge in [-0.25, -0.2) is 0 Å². The van der Waals surface area contributed by atoms with Crippen molar-refractivity contribution >= 4 is 0 Å². The lowest BCUT2D eigenvalue weighted by Crippen LogP contribution is -2.15. The number of aryl methyl sites for hydroxylation is 2. The predicted molar refractivity (Wildman–Crippen MR) is 83.0 cm³/mol. The minimum absolute atomic E-state index is 0.235. The molecule has 1 aromatic heterocycles. The molecule has 23 heavy (non-hydrogen) atoms. The minimum Gasteiger partial charge on any atom is -0.324 e. The number of rotatable bonds is 3. The smallest absolute Gasteiger partial charge is 0.324 e. The van der Waals surface area contributed by atoms with Crippen LogP contribution in [0.2, 0.25) is 0 Å². The van der Waals surface area contributed by atoms with Gasteiger partial charge in [-0.3, -0.25) is 4.98 Å². The normalized spacial score (nSPS) is 16.0. The maximum absolute atomic E-state index is 12.5. The lowest BCUT2D eigenvalue weighted by Gasteiger charge is -2.19. The zero-order chi connectivity index (χ0) is 16.4. The minimum atomic E-state index is -4.40. The number of benzene rings is 1.